The molecule has 0 heterocycles. The zero-order valence-corrected chi connectivity index (χ0v) is 12.5. The minimum atomic E-state index is -0.620. The van der Waals surface area contributed by atoms with Crippen LogP contribution in [0, 0.1) is 17.6 Å². The van der Waals surface area contributed by atoms with Gasteiger partial charge in [0.2, 0.25) is 5.91 Å². The van der Waals surface area contributed by atoms with Crippen LogP contribution >= 0.6 is 0 Å². The van der Waals surface area contributed by atoms with Crippen LogP contribution in [0.2, 0.25) is 0 Å². The van der Waals surface area contributed by atoms with Gasteiger partial charge in [0.25, 0.3) is 0 Å². The second kappa shape index (κ2) is 6.52. The smallest absolute Gasteiger partial charge is 0.240 e. The zero-order valence-electron chi connectivity index (χ0n) is 12.5. The van der Waals surface area contributed by atoms with Crippen molar-refractivity contribution in [3.05, 3.63) is 35.4 Å². The molecule has 3 nitrogen and oxygen atoms in total. The minimum Gasteiger partial charge on any atom is -0.334 e. The van der Waals surface area contributed by atoms with Crippen molar-refractivity contribution in [3.63, 3.8) is 0 Å². The highest BCUT2D eigenvalue weighted by Gasteiger charge is 2.35. The molecule has 2 N–H and O–H groups in total. The molecule has 0 aliphatic heterocycles. The van der Waals surface area contributed by atoms with E-state index in [1.54, 1.807) is 4.90 Å². The standard InChI is InChI=1S/C16H22F2N2O/c1-10(2)7-15(19)16(21)20(13-5-6-13)9-11-3-4-12(17)8-14(11)18/h3-4,8,10,13,15H,5-7,9,19H2,1-2H3/t15-/m0/s1. The molecular weight excluding hydrogens is 274 g/mol. The molecule has 0 unspecified atom stereocenters. The Labute approximate surface area is 124 Å². The van der Waals surface area contributed by atoms with Crippen molar-refractivity contribution in [3.8, 4) is 0 Å². The summed E-state index contributed by atoms with van der Waals surface area (Å²) in [6.45, 7) is 4.17. The second-order valence-electron chi connectivity index (χ2n) is 6.17. The van der Waals surface area contributed by atoms with E-state index < -0.39 is 17.7 Å². The molecule has 1 aromatic carbocycles. The Morgan fingerprint density at radius 1 is 1.38 bits per heavy atom. The lowest BCUT2D eigenvalue weighted by atomic mass is 10.0. The molecule has 1 atom stereocenters. The van der Waals surface area contributed by atoms with Gasteiger partial charge >= 0.3 is 0 Å². The summed E-state index contributed by atoms with van der Waals surface area (Å²) in [5.74, 6) is -1.05. The van der Waals surface area contributed by atoms with Crippen molar-refractivity contribution in [2.45, 2.75) is 51.7 Å². The Bertz CT molecular complexity index is 515. The van der Waals surface area contributed by atoms with Crippen molar-refractivity contribution in [1.82, 2.24) is 4.90 Å². The molecule has 0 bridgehead atoms. The number of carbonyl (C=O) groups is 1. The summed E-state index contributed by atoms with van der Waals surface area (Å²) in [7, 11) is 0. The third-order valence-corrected chi connectivity index (χ3v) is 3.67. The van der Waals surface area contributed by atoms with E-state index in [1.807, 2.05) is 13.8 Å². The van der Waals surface area contributed by atoms with E-state index >= 15 is 0 Å². The van der Waals surface area contributed by atoms with Gasteiger partial charge in [0.05, 0.1) is 6.04 Å². The van der Waals surface area contributed by atoms with Gasteiger partial charge < -0.3 is 10.6 Å². The van der Waals surface area contributed by atoms with Crippen molar-refractivity contribution >= 4 is 5.91 Å². The number of hydrogen-bond acceptors (Lipinski definition) is 2. The first-order valence-corrected chi connectivity index (χ1v) is 7.38. The maximum Gasteiger partial charge on any atom is 0.240 e. The lowest BCUT2D eigenvalue weighted by Gasteiger charge is -2.26. The lowest BCUT2D eigenvalue weighted by molar-refractivity contribution is -0.134. The highest BCUT2D eigenvalue weighted by Crippen LogP contribution is 2.29. The molecule has 116 valence electrons. The van der Waals surface area contributed by atoms with Gasteiger partial charge in [0.15, 0.2) is 0 Å². The van der Waals surface area contributed by atoms with Gasteiger partial charge in [-0.15, -0.1) is 0 Å². The number of amides is 1. The van der Waals surface area contributed by atoms with Crippen LogP contribution in [-0.4, -0.2) is 22.9 Å². The Hall–Kier alpha value is -1.49. The van der Waals surface area contributed by atoms with Crippen molar-refractivity contribution < 1.29 is 13.6 Å². The summed E-state index contributed by atoms with van der Waals surface area (Å²) in [5.41, 5.74) is 6.28. The molecule has 21 heavy (non-hydrogen) atoms. The van der Waals surface area contributed by atoms with E-state index in [0.717, 1.165) is 18.9 Å². The van der Waals surface area contributed by atoms with Gasteiger partial charge in [0, 0.05) is 24.2 Å². The van der Waals surface area contributed by atoms with Crippen LogP contribution in [0.5, 0.6) is 0 Å². The third kappa shape index (κ3) is 4.24. The molecule has 0 radical (unpaired) electrons. The van der Waals surface area contributed by atoms with E-state index in [-0.39, 0.29) is 18.5 Å². The Morgan fingerprint density at radius 3 is 2.57 bits per heavy atom. The number of nitrogens with zero attached hydrogens (tertiary/aromatic N) is 1. The van der Waals surface area contributed by atoms with E-state index in [4.69, 9.17) is 5.73 Å². The number of hydrogen-bond donors (Lipinski definition) is 1. The first-order chi connectivity index (χ1) is 9.88. The average Bonchev–Trinajstić information content (AvgIpc) is 3.20. The average molecular weight is 296 g/mol. The van der Waals surface area contributed by atoms with Crippen LogP contribution in [0.3, 0.4) is 0 Å². The van der Waals surface area contributed by atoms with Crippen LogP contribution in [0.25, 0.3) is 0 Å². The topological polar surface area (TPSA) is 46.3 Å². The summed E-state index contributed by atoms with van der Waals surface area (Å²) in [6.07, 6.45) is 2.44. The SMILES string of the molecule is CC(C)C[C@H](N)C(=O)N(Cc1ccc(F)cc1F)C1CC1. The van der Waals surface area contributed by atoms with E-state index in [2.05, 4.69) is 0 Å². The fraction of sp³-hybridized carbons (Fsp3) is 0.562. The maximum atomic E-state index is 13.8. The van der Waals surface area contributed by atoms with E-state index in [9.17, 15) is 13.6 Å². The normalized spacial score (nSPS) is 16.1. The fourth-order valence-corrected chi connectivity index (χ4v) is 2.43. The summed E-state index contributed by atoms with van der Waals surface area (Å²) in [4.78, 5) is 14.1. The first-order valence-electron chi connectivity index (χ1n) is 7.38. The molecule has 2 rings (SSSR count). The predicted molar refractivity (Wildman–Crippen MR) is 77.4 cm³/mol. The molecule has 5 heteroatoms. The van der Waals surface area contributed by atoms with Gasteiger partial charge in [-0.25, -0.2) is 8.78 Å². The van der Waals surface area contributed by atoms with Gasteiger partial charge in [-0.05, 0) is 31.2 Å². The van der Waals surface area contributed by atoms with Crippen LogP contribution in [0.15, 0.2) is 18.2 Å². The molecule has 1 aliphatic rings. The Morgan fingerprint density at radius 2 is 2.05 bits per heavy atom. The first kappa shape index (κ1) is 15.9. The van der Waals surface area contributed by atoms with Crippen molar-refractivity contribution in [2.24, 2.45) is 11.7 Å². The molecule has 0 saturated heterocycles. The zero-order chi connectivity index (χ0) is 15.6. The van der Waals surface area contributed by atoms with Crippen LogP contribution < -0.4 is 5.73 Å². The predicted octanol–water partition coefficient (Wildman–Crippen LogP) is 2.83. The molecule has 0 aromatic heterocycles. The molecule has 1 fully saturated rings. The Kier molecular flexibility index (Phi) is 4.93. The fourth-order valence-electron chi connectivity index (χ4n) is 2.43. The number of halogens is 2. The minimum absolute atomic E-state index is 0.139. The highest BCUT2D eigenvalue weighted by molar-refractivity contribution is 5.82. The summed E-state index contributed by atoms with van der Waals surface area (Å²) >= 11 is 0. The van der Waals surface area contributed by atoms with Gasteiger partial charge in [0.1, 0.15) is 11.6 Å². The number of carbonyl (C=O) groups excluding carboxylic acids is 1. The van der Waals surface area contributed by atoms with Crippen LogP contribution in [0.1, 0.15) is 38.7 Å². The van der Waals surface area contributed by atoms with Crippen LogP contribution in [-0.2, 0) is 11.3 Å². The summed E-state index contributed by atoms with van der Waals surface area (Å²) in [6, 6.07) is 3.02. The quantitative estimate of drug-likeness (QED) is 0.877. The summed E-state index contributed by atoms with van der Waals surface area (Å²) < 4.78 is 26.7. The van der Waals surface area contributed by atoms with Gasteiger partial charge in [-0.3, -0.25) is 4.79 Å². The largest absolute Gasteiger partial charge is 0.334 e. The van der Waals surface area contributed by atoms with E-state index in [0.29, 0.717) is 17.9 Å². The monoisotopic (exact) mass is 296 g/mol. The molecular formula is C16H22F2N2O. The molecule has 1 aliphatic carbocycles. The molecule has 1 aromatic rings. The van der Waals surface area contributed by atoms with Gasteiger partial charge in [-0.2, -0.15) is 0 Å². The van der Waals surface area contributed by atoms with E-state index in [1.165, 1.54) is 12.1 Å². The lowest BCUT2D eigenvalue weighted by Crippen LogP contribution is -2.45. The molecule has 0 spiro atoms. The molecule has 1 saturated carbocycles. The number of benzene rings is 1. The molecule has 1 amide bonds. The second-order valence-corrected chi connectivity index (χ2v) is 6.17. The van der Waals surface area contributed by atoms with Crippen LogP contribution in [0.4, 0.5) is 8.78 Å². The number of nitrogens with two attached hydrogens (primary N) is 1. The third-order valence-electron chi connectivity index (χ3n) is 3.67. The maximum absolute atomic E-state index is 13.8. The summed E-state index contributed by atoms with van der Waals surface area (Å²) in [5, 5.41) is 0. The van der Waals surface area contributed by atoms with Gasteiger partial charge in [-0.1, -0.05) is 19.9 Å². The number of rotatable bonds is 6. The highest BCUT2D eigenvalue weighted by atomic mass is 19.1. The Balaban J connectivity index is 2.10. The van der Waals surface area contributed by atoms with Crippen molar-refractivity contribution in [1.29, 1.82) is 0 Å². The van der Waals surface area contributed by atoms with Crippen molar-refractivity contribution in [2.75, 3.05) is 0 Å².